The average Bonchev–Trinajstić information content (AvgIpc) is 3.26. The summed E-state index contributed by atoms with van der Waals surface area (Å²) >= 11 is 0. The van der Waals surface area contributed by atoms with Crippen LogP contribution in [0.4, 0.5) is 4.39 Å². The predicted molar refractivity (Wildman–Crippen MR) is 88.6 cm³/mol. The summed E-state index contributed by atoms with van der Waals surface area (Å²) in [6, 6.07) is 8.86. The van der Waals surface area contributed by atoms with Gasteiger partial charge in [-0.25, -0.2) is 12.8 Å². The summed E-state index contributed by atoms with van der Waals surface area (Å²) in [6.07, 6.45) is 3.69. The van der Waals surface area contributed by atoms with Gasteiger partial charge in [-0.05, 0) is 49.4 Å². The molecule has 4 rings (SSSR count). The van der Waals surface area contributed by atoms with Gasteiger partial charge in [-0.1, -0.05) is 12.1 Å². The lowest BCUT2D eigenvalue weighted by atomic mass is 9.69. The van der Waals surface area contributed by atoms with Crippen LogP contribution in [0.2, 0.25) is 0 Å². The lowest BCUT2D eigenvalue weighted by molar-refractivity contribution is -0.0795. The van der Waals surface area contributed by atoms with Crippen LogP contribution in [0.3, 0.4) is 0 Å². The number of hydrogen-bond donors (Lipinski definition) is 1. The fraction of sp³-hybridized carbons (Fsp3) is 0.444. The van der Waals surface area contributed by atoms with E-state index in [2.05, 4.69) is 0 Å². The number of aliphatic hydroxyl groups is 1. The Kier molecular flexibility index (Phi) is 3.97. The van der Waals surface area contributed by atoms with Gasteiger partial charge in [0.2, 0.25) is 10.0 Å². The normalized spacial score (nSPS) is 30.3. The quantitative estimate of drug-likeness (QED) is 0.908. The van der Waals surface area contributed by atoms with E-state index in [4.69, 9.17) is 4.42 Å². The Morgan fingerprint density at radius 2 is 2.00 bits per heavy atom. The highest BCUT2D eigenvalue weighted by Gasteiger charge is 2.53. The molecule has 2 fully saturated rings. The summed E-state index contributed by atoms with van der Waals surface area (Å²) in [6.45, 7) is 0.461. The first-order valence-corrected chi connectivity index (χ1v) is 9.88. The fourth-order valence-electron chi connectivity index (χ4n) is 4.30. The molecule has 0 radical (unpaired) electrons. The number of nitrogens with zero attached hydrogens (tertiary/aromatic N) is 1. The Balaban J connectivity index is 1.67. The van der Waals surface area contributed by atoms with Crippen LogP contribution in [0.1, 0.15) is 25.0 Å². The number of sulfonamides is 1. The molecule has 2 heterocycles. The molecule has 1 aliphatic carbocycles. The van der Waals surface area contributed by atoms with Gasteiger partial charge in [-0.15, -0.1) is 0 Å². The van der Waals surface area contributed by atoms with Crippen LogP contribution in [0.5, 0.6) is 0 Å². The standard InChI is InChI=1S/C18H20FNO4S/c19-15-6-1-2-7-16(15)25(22,23)20-11-13-5-3-9-18(21,14(13)12-20)17-8-4-10-24-17/h1-2,4,6-8,10,13-14,21H,3,5,9,11-12H2/t13-,14-,18-/m0/s1. The second kappa shape index (κ2) is 5.93. The largest absolute Gasteiger partial charge is 0.466 e. The molecule has 5 nitrogen and oxygen atoms in total. The Morgan fingerprint density at radius 3 is 2.72 bits per heavy atom. The van der Waals surface area contributed by atoms with E-state index in [0.717, 1.165) is 18.9 Å². The SMILES string of the molecule is O=S(=O)(c1ccccc1F)N1C[C@@H]2CCC[C@@](O)(c3ccco3)[C@H]2C1. The lowest BCUT2D eigenvalue weighted by Crippen LogP contribution is -2.42. The van der Waals surface area contributed by atoms with Gasteiger partial charge >= 0.3 is 0 Å². The highest BCUT2D eigenvalue weighted by molar-refractivity contribution is 7.89. The molecule has 0 bridgehead atoms. The molecule has 3 atom stereocenters. The van der Waals surface area contributed by atoms with E-state index in [1.54, 1.807) is 12.1 Å². The number of hydrogen-bond acceptors (Lipinski definition) is 4. The molecule has 134 valence electrons. The van der Waals surface area contributed by atoms with Crippen LogP contribution in [-0.2, 0) is 15.6 Å². The van der Waals surface area contributed by atoms with Gasteiger partial charge in [-0.3, -0.25) is 0 Å². The van der Waals surface area contributed by atoms with E-state index in [9.17, 15) is 17.9 Å². The first-order valence-electron chi connectivity index (χ1n) is 8.44. The van der Waals surface area contributed by atoms with Gasteiger partial charge in [0, 0.05) is 19.0 Å². The lowest BCUT2D eigenvalue weighted by Gasteiger charge is -2.39. The first kappa shape index (κ1) is 16.8. The van der Waals surface area contributed by atoms with Gasteiger partial charge in [0.05, 0.1) is 6.26 Å². The van der Waals surface area contributed by atoms with E-state index >= 15 is 0 Å². The molecule has 1 aromatic carbocycles. The van der Waals surface area contributed by atoms with Crippen molar-refractivity contribution in [2.45, 2.75) is 29.8 Å². The fourth-order valence-corrected chi connectivity index (χ4v) is 5.89. The molecule has 0 unspecified atom stereocenters. The average molecular weight is 365 g/mol. The Morgan fingerprint density at radius 1 is 1.20 bits per heavy atom. The van der Waals surface area contributed by atoms with Crippen molar-refractivity contribution in [3.63, 3.8) is 0 Å². The van der Waals surface area contributed by atoms with Gasteiger partial charge in [-0.2, -0.15) is 4.31 Å². The molecule has 0 amide bonds. The Hall–Kier alpha value is -1.70. The Bertz CT molecular complexity index is 867. The molecule has 25 heavy (non-hydrogen) atoms. The molecule has 1 saturated carbocycles. The number of rotatable bonds is 3. The van der Waals surface area contributed by atoms with Crippen LogP contribution >= 0.6 is 0 Å². The maximum absolute atomic E-state index is 14.0. The second-order valence-corrected chi connectivity index (χ2v) is 8.82. The van der Waals surface area contributed by atoms with Gasteiger partial charge in [0.15, 0.2) is 0 Å². The van der Waals surface area contributed by atoms with Crippen molar-refractivity contribution in [3.8, 4) is 0 Å². The van der Waals surface area contributed by atoms with Crippen molar-refractivity contribution in [1.29, 1.82) is 0 Å². The van der Waals surface area contributed by atoms with Crippen LogP contribution in [0, 0.1) is 17.7 Å². The third-order valence-electron chi connectivity index (χ3n) is 5.56. The van der Waals surface area contributed by atoms with Crippen molar-refractivity contribution >= 4 is 10.0 Å². The van der Waals surface area contributed by atoms with Crippen LogP contribution in [0.15, 0.2) is 52.0 Å². The number of benzene rings is 1. The number of furan rings is 1. The maximum atomic E-state index is 14.0. The molecule has 1 aliphatic heterocycles. The van der Waals surface area contributed by atoms with Gasteiger partial charge in [0.1, 0.15) is 22.1 Å². The molecular weight excluding hydrogens is 345 g/mol. The summed E-state index contributed by atoms with van der Waals surface area (Å²) in [5.74, 6) is -0.495. The number of halogens is 1. The summed E-state index contributed by atoms with van der Waals surface area (Å²) in [7, 11) is -3.93. The van der Waals surface area contributed by atoms with E-state index in [-0.39, 0.29) is 23.3 Å². The minimum atomic E-state index is -3.93. The van der Waals surface area contributed by atoms with E-state index in [0.29, 0.717) is 18.7 Å². The van der Waals surface area contributed by atoms with E-state index in [1.165, 1.54) is 28.8 Å². The molecule has 0 spiro atoms. The Labute approximate surface area is 146 Å². The minimum absolute atomic E-state index is 0.0328. The summed E-state index contributed by atoms with van der Waals surface area (Å²) in [4.78, 5) is -0.310. The zero-order valence-electron chi connectivity index (χ0n) is 13.6. The maximum Gasteiger partial charge on any atom is 0.246 e. The monoisotopic (exact) mass is 365 g/mol. The molecule has 1 N–H and O–H groups in total. The van der Waals surface area contributed by atoms with Gasteiger partial charge < -0.3 is 9.52 Å². The third kappa shape index (κ3) is 2.61. The van der Waals surface area contributed by atoms with Crippen molar-refractivity contribution in [3.05, 3.63) is 54.2 Å². The van der Waals surface area contributed by atoms with Crippen molar-refractivity contribution < 1.29 is 22.3 Å². The molecule has 1 aromatic heterocycles. The van der Waals surface area contributed by atoms with Crippen LogP contribution in [0.25, 0.3) is 0 Å². The molecular formula is C18H20FNO4S. The van der Waals surface area contributed by atoms with Crippen LogP contribution < -0.4 is 0 Å². The smallest absolute Gasteiger partial charge is 0.246 e. The molecule has 2 aromatic rings. The second-order valence-electron chi connectivity index (χ2n) is 6.91. The minimum Gasteiger partial charge on any atom is -0.466 e. The summed E-state index contributed by atoms with van der Waals surface area (Å²) in [5.41, 5.74) is -1.17. The third-order valence-corrected chi connectivity index (χ3v) is 7.42. The highest BCUT2D eigenvalue weighted by atomic mass is 32.2. The first-order chi connectivity index (χ1) is 11.9. The molecule has 2 aliphatic rings. The van der Waals surface area contributed by atoms with Crippen molar-refractivity contribution in [2.24, 2.45) is 11.8 Å². The predicted octanol–water partition coefficient (Wildman–Crippen LogP) is 2.73. The van der Waals surface area contributed by atoms with E-state index < -0.39 is 21.4 Å². The highest BCUT2D eigenvalue weighted by Crippen LogP contribution is 2.49. The van der Waals surface area contributed by atoms with Crippen molar-refractivity contribution in [2.75, 3.05) is 13.1 Å². The van der Waals surface area contributed by atoms with E-state index in [1.807, 2.05) is 0 Å². The topological polar surface area (TPSA) is 70.8 Å². The van der Waals surface area contributed by atoms with Crippen molar-refractivity contribution in [1.82, 2.24) is 4.31 Å². The molecule has 7 heteroatoms. The summed E-state index contributed by atoms with van der Waals surface area (Å²) < 4.78 is 46.5. The zero-order valence-corrected chi connectivity index (χ0v) is 14.5. The number of fused-ring (bicyclic) bond motifs is 1. The summed E-state index contributed by atoms with van der Waals surface area (Å²) in [5, 5.41) is 11.2. The zero-order chi connectivity index (χ0) is 17.7. The van der Waals surface area contributed by atoms with Crippen LogP contribution in [-0.4, -0.2) is 30.9 Å². The van der Waals surface area contributed by atoms with Gasteiger partial charge in [0.25, 0.3) is 0 Å². The molecule has 1 saturated heterocycles.